The summed E-state index contributed by atoms with van der Waals surface area (Å²) < 4.78 is 26.3. The van der Waals surface area contributed by atoms with Crippen molar-refractivity contribution in [3.8, 4) is 5.75 Å². The average molecular weight is 256 g/mol. The minimum absolute atomic E-state index is 0.0505. The molecule has 0 heterocycles. The minimum atomic E-state index is -2.78. The highest BCUT2D eigenvalue weighted by Crippen LogP contribution is 2.46. The first kappa shape index (κ1) is 12.8. The number of aliphatic carboxylic acids is 1. The molecule has 0 saturated heterocycles. The number of carbonyl (C=O) groups is 1. The number of phenolic OH excluding ortho intramolecular Hbond substituents is 1. The van der Waals surface area contributed by atoms with Crippen LogP contribution in [0.2, 0.25) is 0 Å². The van der Waals surface area contributed by atoms with E-state index in [1.54, 1.807) is 6.07 Å². The van der Waals surface area contributed by atoms with Crippen molar-refractivity contribution >= 4 is 5.97 Å². The summed E-state index contributed by atoms with van der Waals surface area (Å²) in [5.41, 5.74) is -0.911. The molecule has 0 unspecified atom stereocenters. The van der Waals surface area contributed by atoms with Crippen molar-refractivity contribution in [3.63, 3.8) is 0 Å². The molecular weight excluding hydrogens is 242 g/mol. The highest BCUT2D eigenvalue weighted by atomic mass is 19.3. The molecule has 2 rings (SSSR count). The third kappa shape index (κ3) is 2.17. The van der Waals surface area contributed by atoms with Crippen LogP contribution in [0.5, 0.6) is 5.75 Å². The zero-order valence-electron chi connectivity index (χ0n) is 9.70. The standard InChI is InChI=1S/C13H14F2O3/c14-13(15)6-4-12(5-7-13,11(17)18)9-2-1-3-10(16)8-9/h1-3,8,16H,4-7H2,(H,17,18). The molecule has 1 aliphatic carbocycles. The molecule has 0 atom stereocenters. The molecule has 3 nitrogen and oxygen atoms in total. The second-order valence-electron chi connectivity index (χ2n) is 4.79. The van der Waals surface area contributed by atoms with Gasteiger partial charge in [0.2, 0.25) is 5.92 Å². The molecule has 1 fully saturated rings. The van der Waals surface area contributed by atoms with Crippen molar-refractivity contribution < 1.29 is 23.8 Å². The zero-order valence-corrected chi connectivity index (χ0v) is 9.70. The summed E-state index contributed by atoms with van der Waals surface area (Å²) in [6.45, 7) is 0. The SMILES string of the molecule is O=C(O)C1(c2cccc(O)c2)CCC(F)(F)CC1. The number of carboxylic acids is 1. The van der Waals surface area contributed by atoms with Gasteiger partial charge in [-0.25, -0.2) is 8.78 Å². The van der Waals surface area contributed by atoms with E-state index >= 15 is 0 Å². The van der Waals surface area contributed by atoms with Gasteiger partial charge in [-0.2, -0.15) is 0 Å². The van der Waals surface area contributed by atoms with Gasteiger partial charge in [0, 0.05) is 12.8 Å². The van der Waals surface area contributed by atoms with Crippen molar-refractivity contribution in [1.29, 1.82) is 0 Å². The first-order chi connectivity index (χ1) is 8.36. The molecule has 0 radical (unpaired) electrons. The fourth-order valence-electron chi connectivity index (χ4n) is 2.47. The quantitative estimate of drug-likeness (QED) is 0.855. The van der Waals surface area contributed by atoms with Crippen molar-refractivity contribution in [2.45, 2.75) is 37.0 Å². The molecule has 0 bridgehead atoms. The molecule has 0 aliphatic heterocycles. The molecule has 1 aliphatic rings. The fourth-order valence-corrected chi connectivity index (χ4v) is 2.47. The number of aromatic hydroxyl groups is 1. The predicted molar refractivity (Wildman–Crippen MR) is 60.8 cm³/mol. The number of hydrogen-bond acceptors (Lipinski definition) is 2. The van der Waals surface area contributed by atoms with E-state index < -0.39 is 30.1 Å². The van der Waals surface area contributed by atoms with Crippen molar-refractivity contribution in [2.24, 2.45) is 0 Å². The number of hydrogen-bond donors (Lipinski definition) is 2. The van der Waals surface area contributed by atoms with Gasteiger partial charge in [0.25, 0.3) is 0 Å². The van der Waals surface area contributed by atoms with Crippen LogP contribution in [0, 0.1) is 0 Å². The maximum atomic E-state index is 13.2. The van der Waals surface area contributed by atoms with Crippen molar-refractivity contribution in [2.75, 3.05) is 0 Å². The lowest BCUT2D eigenvalue weighted by molar-refractivity contribution is -0.149. The third-order valence-corrected chi connectivity index (χ3v) is 3.64. The summed E-state index contributed by atoms with van der Waals surface area (Å²) in [6, 6.07) is 5.87. The molecule has 1 aromatic rings. The van der Waals surface area contributed by atoms with E-state index in [0.717, 1.165) is 0 Å². The first-order valence-corrected chi connectivity index (χ1v) is 5.76. The molecule has 98 valence electrons. The first-order valence-electron chi connectivity index (χ1n) is 5.76. The number of halogens is 2. The summed E-state index contributed by atoms with van der Waals surface area (Å²) in [6.07, 6.45) is -1.10. The van der Waals surface area contributed by atoms with Crippen LogP contribution in [0.15, 0.2) is 24.3 Å². The van der Waals surface area contributed by atoms with Crippen LogP contribution in [-0.4, -0.2) is 22.1 Å². The van der Waals surface area contributed by atoms with Gasteiger partial charge < -0.3 is 10.2 Å². The molecule has 0 spiro atoms. The summed E-state index contributed by atoms with van der Waals surface area (Å²) in [7, 11) is 0. The molecule has 2 N–H and O–H groups in total. The lowest BCUT2D eigenvalue weighted by atomic mass is 9.68. The summed E-state index contributed by atoms with van der Waals surface area (Å²) in [5, 5.41) is 18.8. The van der Waals surface area contributed by atoms with Crippen LogP contribution in [0.1, 0.15) is 31.2 Å². The summed E-state index contributed by atoms with van der Waals surface area (Å²) >= 11 is 0. The van der Waals surface area contributed by atoms with E-state index in [1.807, 2.05) is 0 Å². The second kappa shape index (κ2) is 4.23. The Morgan fingerprint density at radius 2 is 1.78 bits per heavy atom. The fraction of sp³-hybridized carbons (Fsp3) is 0.462. The second-order valence-corrected chi connectivity index (χ2v) is 4.79. The number of benzene rings is 1. The van der Waals surface area contributed by atoms with Crippen LogP contribution < -0.4 is 0 Å². The van der Waals surface area contributed by atoms with Crippen molar-refractivity contribution in [3.05, 3.63) is 29.8 Å². The third-order valence-electron chi connectivity index (χ3n) is 3.64. The Kier molecular flexibility index (Phi) is 3.00. The number of alkyl halides is 2. The Bertz CT molecular complexity index is 461. The Hall–Kier alpha value is -1.65. The molecule has 5 heteroatoms. The van der Waals surface area contributed by atoms with Crippen LogP contribution in [0.3, 0.4) is 0 Å². The Balaban J connectivity index is 2.38. The van der Waals surface area contributed by atoms with Crippen LogP contribution in [0.25, 0.3) is 0 Å². The van der Waals surface area contributed by atoms with Crippen LogP contribution in [0.4, 0.5) is 8.78 Å². The lowest BCUT2D eigenvalue weighted by Crippen LogP contribution is -2.42. The maximum Gasteiger partial charge on any atom is 0.314 e. The van der Waals surface area contributed by atoms with E-state index in [9.17, 15) is 23.8 Å². The smallest absolute Gasteiger partial charge is 0.314 e. The van der Waals surface area contributed by atoms with Gasteiger partial charge in [-0.3, -0.25) is 4.79 Å². The topological polar surface area (TPSA) is 57.5 Å². The van der Waals surface area contributed by atoms with Gasteiger partial charge in [-0.15, -0.1) is 0 Å². The van der Waals surface area contributed by atoms with Gasteiger partial charge in [0.05, 0.1) is 5.41 Å². The van der Waals surface area contributed by atoms with Crippen LogP contribution >= 0.6 is 0 Å². The van der Waals surface area contributed by atoms with E-state index in [4.69, 9.17) is 0 Å². The molecule has 0 amide bonds. The molecular formula is C13H14F2O3. The minimum Gasteiger partial charge on any atom is -0.508 e. The maximum absolute atomic E-state index is 13.2. The van der Waals surface area contributed by atoms with E-state index in [0.29, 0.717) is 5.56 Å². The van der Waals surface area contributed by atoms with Gasteiger partial charge in [-0.05, 0) is 30.5 Å². The summed E-state index contributed by atoms with van der Waals surface area (Å²) in [5.74, 6) is -3.94. The number of carboxylic acid groups (broad SMARTS) is 1. The van der Waals surface area contributed by atoms with Crippen molar-refractivity contribution in [1.82, 2.24) is 0 Å². The van der Waals surface area contributed by atoms with E-state index in [2.05, 4.69) is 0 Å². The largest absolute Gasteiger partial charge is 0.508 e. The Morgan fingerprint density at radius 3 is 2.28 bits per heavy atom. The molecule has 1 aromatic carbocycles. The number of phenols is 1. The molecule has 0 aromatic heterocycles. The van der Waals surface area contributed by atoms with Gasteiger partial charge in [-0.1, -0.05) is 12.1 Å². The molecule has 1 saturated carbocycles. The average Bonchev–Trinajstić information content (AvgIpc) is 2.29. The predicted octanol–water partition coefficient (Wildman–Crippen LogP) is 2.92. The van der Waals surface area contributed by atoms with Gasteiger partial charge >= 0.3 is 5.97 Å². The molecule has 18 heavy (non-hydrogen) atoms. The zero-order chi connectivity index (χ0) is 13.4. The highest BCUT2D eigenvalue weighted by molar-refractivity contribution is 5.81. The van der Waals surface area contributed by atoms with Gasteiger partial charge in [0.1, 0.15) is 5.75 Å². The van der Waals surface area contributed by atoms with Gasteiger partial charge in [0.15, 0.2) is 0 Å². The Morgan fingerprint density at radius 1 is 1.17 bits per heavy atom. The normalized spacial score (nSPS) is 21.4. The Labute approximate surface area is 103 Å². The monoisotopic (exact) mass is 256 g/mol. The lowest BCUT2D eigenvalue weighted by Gasteiger charge is -2.37. The van der Waals surface area contributed by atoms with E-state index in [-0.39, 0.29) is 18.6 Å². The summed E-state index contributed by atoms with van der Waals surface area (Å²) in [4.78, 5) is 11.5. The van der Waals surface area contributed by atoms with E-state index in [1.165, 1.54) is 18.2 Å². The van der Waals surface area contributed by atoms with Crippen LogP contribution in [-0.2, 0) is 10.2 Å². The number of rotatable bonds is 2. The highest BCUT2D eigenvalue weighted by Gasteiger charge is 2.49.